The maximum absolute atomic E-state index is 12.8. The third kappa shape index (κ3) is 2.97. The number of nitrogens with zero attached hydrogens (tertiary/aromatic N) is 2. The van der Waals surface area contributed by atoms with Gasteiger partial charge in [-0.05, 0) is 44.9 Å². The molecule has 3 rings (SSSR count). The lowest BCUT2D eigenvalue weighted by molar-refractivity contribution is -0.143. The van der Waals surface area contributed by atoms with Gasteiger partial charge in [0.2, 0.25) is 0 Å². The molecule has 2 N–H and O–H groups in total. The molecule has 2 heterocycles. The van der Waals surface area contributed by atoms with E-state index in [1.165, 1.54) is 6.92 Å². The number of rotatable bonds is 4. The van der Waals surface area contributed by atoms with E-state index in [2.05, 4.69) is 15.7 Å². The SMILES string of the molecule is CCC(C)n1nccc1NC(=O)C1(C)Oc2ccc(C)cc2NC1=O. The van der Waals surface area contributed by atoms with Gasteiger partial charge in [-0.1, -0.05) is 13.0 Å². The number of carbonyl (C=O) groups is 2. The van der Waals surface area contributed by atoms with Gasteiger partial charge in [-0.25, -0.2) is 4.68 Å². The topological polar surface area (TPSA) is 85.2 Å². The summed E-state index contributed by atoms with van der Waals surface area (Å²) in [4.78, 5) is 25.3. The predicted octanol–water partition coefficient (Wildman–Crippen LogP) is 2.89. The molecule has 2 aromatic rings. The van der Waals surface area contributed by atoms with E-state index >= 15 is 0 Å². The maximum Gasteiger partial charge on any atom is 0.279 e. The van der Waals surface area contributed by atoms with E-state index in [4.69, 9.17) is 4.74 Å². The normalized spacial score (nSPS) is 20.2. The third-order valence-electron chi connectivity index (χ3n) is 4.48. The second kappa shape index (κ2) is 6.23. The fourth-order valence-corrected chi connectivity index (χ4v) is 2.66. The highest BCUT2D eigenvalue weighted by molar-refractivity contribution is 6.18. The first-order chi connectivity index (χ1) is 11.8. The molecule has 25 heavy (non-hydrogen) atoms. The van der Waals surface area contributed by atoms with Gasteiger partial charge in [-0.2, -0.15) is 5.10 Å². The summed E-state index contributed by atoms with van der Waals surface area (Å²) < 4.78 is 7.49. The fourth-order valence-electron chi connectivity index (χ4n) is 2.66. The molecule has 2 amide bonds. The summed E-state index contributed by atoms with van der Waals surface area (Å²) in [6, 6.07) is 7.25. The van der Waals surface area contributed by atoms with E-state index in [0.717, 1.165) is 12.0 Å². The van der Waals surface area contributed by atoms with Gasteiger partial charge in [-0.3, -0.25) is 9.59 Å². The summed E-state index contributed by atoms with van der Waals surface area (Å²) in [7, 11) is 0. The number of aryl methyl sites for hydroxylation is 1. The van der Waals surface area contributed by atoms with Crippen LogP contribution in [0.25, 0.3) is 0 Å². The van der Waals surface area contributed by atoms with Crippen molar-refractivity contribution in [2.45, 2.75) is 45.8 Å². The Bertz CT molecular complexity index is 829. The predicted molar refractivity (Wildman–Crippen MR) is 94.7 cm³/mol. The number of benzene rings is 1. The van der Waals surface area contributed by atoms with Crippen LogP contribution in [0, 0.1) is 6.92 Å². The Hall–Kier alpha value is -2.83. The molecule has 0 saturated heterocycles. The second-order valence-electron chi connectivity index (χ2n) is 6.46. The molecule has 1 aromatic carbocycles. The van der Waals surface area contributed by atoms with Crippen molar-refractivity contribution in [2.24, 2.45) is 0 Å². The first kappa shape index (κ1) is 17.0. The summed E-state index contributed by atoms with van der Waals surface area (Å²) in [5.74, 6) is -0.0380. The van der Waals surface area contributed by atoms with Crippen LogP contribution in [0.2, 0.25) is 0 Å². The van der Waals surface area contributed by atoms with Crippen molar-refractivity contribution in [3.63, 3.8) is 0 Å². The van der Waals surface area contributed by atoms with E-state index in [1.54, 1.807) is 23.0 Å². The molecule has 1 aliphatic rings. The first-order valence-electron chi connectivity index (χ1n) is 8.31. The molecule has 0 aliphatic carbocycles. The average Bonchev–Trinajstić information content (AvgIpc) is 3.03. The molecule has 7 heteroatoms. The van der Waals surface area contributed by atoms with Crippen LogP contribution in [0.1, 0.15) is 38.8 Å². The number of anilines is 2. The van der Waals surface area contributed by atoms with Crippen LogP contribution >= 0.6 is 0 Å². The summed E-state index contributed by atoms with van der Waals surface area (Å²) in [6.45, 7) is 7.43. The Labute approximate surface area is 146 Å². The monoisotopic (exact) mass is 342 g/mol. The number of hydrogen-bond donors (Lipinski definition) is 2. The summed E-state index contributed by atoms with van der Waals surface area (Å²) in [6.07, 6.45) is 2.48. The van der Waals surface area contributed by atoms with E-state index in [1.807, 2.05) is 32.9 Å². The quantitative estimate of drug-likeness (QED) is 0.837. The Balaban J connectivity index is 1.86. The van der Waals surface area contributed by atoms with Crippen molar-refractivity contribution >= 4 is 23.3 Å². The van der Waals surface area contributed by atoms with Gasteiger partial charge in [0.05, 0.1) is 17.9 Å². The fraction of sp³-hybridized carbons (Fsp3) is 0.389. The number of carbonyl (C=O) groups excluding carboxylic acids is 2. The minimum absolute atomic E-state index is 0.128. The molecule has 1 aliphatic heterocycles. The van der Waals surface area contributed by atoms with Crippen molar-refractivity contribution in [2.75, 3.05) is 10.6 Å². The van der Waals surface area contributed by atoms with E-state index in [0.29, 0.717) is 17.3 Å². The van der Waals surface area contributed by atoms with Crippen LogP contribution in [0.4, 0.5) is 11.5 Å². The van der Waals surface area contributed by atoms with E-state index < -0.39 is 17.4 Å². The summed E-state index contributed by atoms with van der Waals surface area (Å²) in [5, 5.41) is 9.75. The molecule has 0 spiro atoms. The van der Waals surface area contributed by atoms with Gasteiger partial charge in [0.1, 0.15) is 11.6 Å². The number of ether oxygens (including phenoxy) is 1. The molecule has 0 saturated carbocycles. The molecule has 1 aromatic heterocycles. The second-order valence-corrected chi connectivity index (χ2v) is 6.46. The molecule has 0 radical (unpaired) electrons. The molecule has 2 unspecified atom stereocenters. The zero-order valence-electron chi connectivity index (χ0n) is 14.8. The molecule has 7 nitrogen and oxygen atoms in total. The smallest absolute Gasteiger partial charge is 0.279 e. The van der Waals surface area contributed by atoms with Crippen molar-refractivity contribution in [1.29, 1.82) is 0 Å². The van der Waals surface area contributed by atoms with Crippen LogP contribution in [-0.2, 0) is 9.59 Å². The molecule has 0 fully saturated rings. The highest BCUT2D eigenvalue weighted by Gasteiger charge is 2.47. The van der Waals surface area contributed by atoms with E-state index in [-0.39, 0.29) is 6.04 Å². The summed E-state index contributed by atoms with van der Waals surface area (Å²) in [5.41, 5.74) is -0.0969. The van der Waals surface area contributed by atoms with Crippen molar-refractivity contribution < 1.29 is 14.3 Å². The van der Waals surface area contributed by atoms with Crippen LogP contribution in [-0.4, -0.2) is 27.2 Å². The Morgan fingerprint density at radius 3 is 2.92 bits per heavy atom. The lowest BCUT2D eigenvalue weighted by atomic mass is 10.0. The van der Waals surface area contributed by atoms with Crippen molar-refractivity contribution in [3.8, 4) is 5.75 Å². The van der Waals surface area contributed by atoms with Gasteiger partial charge >= 0.3 is 0 Å². The standard InChI is InChI=1S/C18H22N4O3/c1-5-12(3)22-15(8-9-19-22)21-17(24)18(4)16(23)20-13-10-11(2)6-7-14(13)25-18/h6-10,12H,5H2,1-4H3,(H,20,23)(H,21,24). The Kier molecular flexibility index (Phi) is 4.24. The largest absolute Gasteiger partial charge is 0.466 e. The minimum atomic E-state index is -1.66. The minimum Gasteiger partial charge on any atom is -0.466 e. The van der Waals surface area contributed by atoms with Crippen molar-refractivity contribution in [3.05, 3.63) is 36.0 Å². The number of nitrogens with one attached hydrogen (secondary N) is 2. The Morgan fingerprint density at radius 1 is 1.44 bits per heavy atom. The van der Waals surface area contributed by atoms with Gasteiger partial charge in [0, 0.05) is 6.07 Å². The zero-order chi connectivity index (χ0) is 18.2. The lowest BCUT2D eigenvalue weighted by Crippen LogP contribution is -2.56. The highest BCUT2D eigenvalue weighted by atomic mass is 16.5. The number of amides is 2. The average molecular weight is 342 g/mol. The molecular weight excluding hydrogens is 320 g/mol. The maximum atomic E-state index is 12.8. The Morgan fingerprint density at radius 2 is 2.20 bits per heavy atom. The highest BCUT2D eigenvalue weighted by Crippen LogP contribution is 2.35. The van der Waals surface area contributed by atoms with Gasteiger partial charge in [0.15, 0.2) is 0 Å². The van der Waals surface area contributed by atoms with Crippen LogP contribution in [0.15, 0.2) is 30.5 Å². The van der Waals surface area contributed by atoms with Crippen molar-refractivity contribution in [1.82, 2.24) is 9.78 Å². The first-order valence-corrected chi connectivity index (χ1v) is 8.31. The van der Waals surface area contributed by atoms with Crippen LogP contribution < -0.4 is 15.4 Å². The summed E-state index contributed by atoms with van der Waals surface area (Å²) >= 11 is 0. The molecular formula is C18H22N4O3. The zero-order valence-corrected chi connectivity index (χ0v) is 14.8. The lowest BCUT2D eigenvalue weighted by Gasteiger charge is -2.33. The number of hydrogen-bond acceptors (Lipinski definition) is 4. The van der Waals surface area contributed by atoms with Gasteiger partial charge in [-0.15, -0.1) is 0 Å². The molecule has 0 bridgehead atoms. The van der Waals surface area contributed by atoms with Gasteiger partial charge in [0.25, 0.3) is 17.4 Å². The number of fused-ring (bicyclic) bond motifs is 1. The number of aromatic nitrogens is 2. The van der Waals surface area contributed by atoms with Gasteiger partial charge < -0.3 is 15.4 Å². The molecule has 2 atom stereocenters. The van der Waals surface area contributed by atoms with Crippen LogP contribution in [0.5, 0.6) is 5.75 Å². The molecule has 132 valence electrons. The van der Waals surface area contributed by atoms with E-state index in [9.17, 15) is 9.59 Å². The van der Waals surface area contributed by atoms with Crippen LogP contribution in [0.3, 0.4) is 0 Å². The third-order valence-corrected chi connectivity index (χ3v) is 4.48.